The highest BCUT2D eigenvalue weighted by atomic mass is 19.4. The zero-order chi connectivity index (χ0) is 10.9. The largest absolute Gasteiger partial charge is 0.424 e. The topological polar surface area (TPSA) is 56.0 Å². The predicted molar refractivity (Wildman–Crippen MR) is 35.9 cm³/mol. The molecule has 0 bridgehead atoms. The van der Waals surface area contributed by atoms with Crippen LogP contribution >= 0.6 is 0 Å². The van der Waals surface area contributed by atoms with E-state index in [4.69, 9.17) is 0 Å². The molecule has 0 saturated heterocycles. The molecule has 0 saturated carbocycles. The van der Waals surface area contributed by atoms with Gasteiger partial charge in [-0.3, -0.25) is 0 Å². The number of pyridine rings is 1. The molecule has 0 aliphatic rings. The fourth-order valence-corrected chi connectivity index (χ4v) is 0.786. The van der Waals surface area contributed by atoms with Crippen molar-refractivity contribution in [2.45, 2.75) is 6.18 Å². The van der Waals surface area contributed by atoms with Crippen LogP contribution in [-0.2, 0) is 6.18 Å². The normalized spacial score (nSPS) is 11.4. The molecule has 0 N–H and O–H groups in total. The highest BCUT2D eigenvalue weighted by Crippen LogP contribution is 2.34. The first-order valence-electron chi connectivity index (χ1n) is 3.20. The van der Waals surface area contributed by atoms with Crippen LogP contribution in [0.4, 0.5) is 23.4 Å². The fraction of sp³-hybridized carbons (Fsp3) is 0.167. The van der Waals surface area contributed by atoms with Gasteiger partial charge in [-0.2, -0.15) is 17.6 Å². The number of hydrogen-bond acceptors (Lipinski definition) is 3. The number of aromatic nitrogens is 1. The first kappa shape index (κ1) is 10.4. The minimum Gasteiger partial charge on any atom is -0.358 e. The molecule has 0 radical (unpaired) electrons. The van der Waals surface area contributed by atoms with E-state index in [9.17, 15) is 27.7 Å². The lowest BCUT2D eigenvalue weighted by molar-refractivity contribution is -0.393. The number of nitro groups is 1. The van der Waals surface area contributed by atoms with E-state index in [0.717, 1.165) is 0 Å². The molecule has 1 aromatic rings. The number of hydrogen-bond donors (Lipinski definition) is 0. The Labute approximate surface area is 74.3 Å². The third-order valence-electron chi connectivity index (χ3n) is 1.32. The Morgan fingerprint density at radius 2 is 1.93 bits per heavy atom. The monoisotopic (exact) mass is 210 g/mol. The van der Waals surface area contributed by atoms with Crippen LogP contribution in [0.3, 0.4) is 0 Å². The number of nitrogens with zero attached hydrogens (tertiary/aromatic N) is 2. The van der Waals surface area contributed by atoms with Crippen molar-refractivity contribution in [3.05, 3.63) is 33.8 Å². The average Bonchev–Trinajstić information content (AvgIpc) is 2.01. The third-order valence-corrected chi connectivity index (χ3v) is 1.32. The van der Waals surface area contributed by atoms with E-state index >= 15 is 0 Å². The van der Waals surface area contributed by atoms with Crippen LogP contribution in [0.25, 0.3) is 0 Å². The molecule has 8 heteroatoms. The molecular weight excluding hydrogens is 208 g/mol. The van der Waals surface area contributed by atoms with E-state index in [-0.39, 0.29) is 6.07 Å². The number of alkyl halides is 3. The second-order valence-corrected chi connectivity index (χ2v) is 2.26. The summed E-state index contributed by atoms with van der Waals surface area (Å²) < 4.78 is 48.5. The quantitative estimate of drug-likeness (QED) is 0.309. The zero-order valence-electron chi connectivity index (χ0n) is 6.38. The molecular formula is C6H2F4N2O2. The first-order chi connectivity index (χ1) is 6.32. The summed E-state index contributed by atoms with van der Waals surface area (Å²) >= 11 is 0. The molecule has 0 aliphatic carbocycles. The lowest BCUT2D eigenvalue weighted by atomic mass is 10.2. The van der Waals surface area contributed by atoms with E-state index in [0.29, 0.717) is 6.07 Å². The van der Waals surface area contributed by atoms with Crippen LogP contribution in [0.15, 0.2) is 12.1 Å². The Morgan fingerprint density at radius 3 is 2.36 bits per heavy atom. The lowest BCUT2D eigenvalue weighted by Gasteiger charge is -2.05. The molecule has 1 aromatic heterocycles. The SMILES string of the molecule is O=[N+]([O-])c1nc(F)ccc1C(F)(F)F. The van der Waals surface area contributed by atoms with Crippen molar-refractivity contribution in [1.29, 1.82) is 0 Å². The van der Waals surface area contributed by atoms with E-state index in [2.05, 4.69) is 4.98 Å². The van der Waals surface area contributed by atoms with E-state index < -0.39 is 28.4 Å². The maximum absolute atomic E-state index is 12.3. The molecule has 0 unspecified atom stereocenters. The van der Waals surface area contributed by atoms with Crippen LogP contribution in [0, 0.1) is 16.1 Å². The molecule has 4 nitrogen and oxygen atoms in total. The minimum absolute atomic E-state index is 0.278. The Balaban J connectivity index is 3.37. The average molecular weight is 210 g/mol. The summed E-state index contributed by atoms with van der Waals surface area (Å²) in [7, 11) is 0. The van der Waals surface area contributed by atoms with Crippen molar-refractivity contribution in [3.63, 3.8) is 0 Å². The van der Waals surface area contributed by atoms with Crippen LogP contribution in [0.1, 0.15) is 5.56 Å². The summed E-state index contributed by atoms with van der Waals surface area (Å²) in [5.74, 6) is -2.86. The van der Waals surface area contributed by atoms with Gasteiger partial charge in [0.1, 0.15) is 0 Å². The summed E-state index contributed by atoms with van der Waals surface area (Å²) in [5, 5.41) is 10.1. The molecule has 0 spiro atoms. The Morgan fingerprint density at radius 1 is 1.36 bits per heavy atom. The third kappa shape index (κ3) is 1.95. The predicted octanol–water partition coefficient (Wildman–Crippen LogP) is 2.15. The summed E-state index contributed by atoms with van der Waals surface area (Å²) in [5.41, 5.74) is -1.57. The Bertz CT molecular complexity index is 377. The van der Waals surface area contributed by atoms with Gasteiger partial charge in [0.2, 0.25) is 0 Å². The van der Waals surface area contributed by atoms with Crippen LogP contribution < -0.4 is 0 Å². The van der Waals surface area contributed by atoms with Crippen molar-refractivity contribution < 1.29 is 22.5 Å². The Kier molecular flexibility index (Phi) is 2.37. The smallest absolute Gasteiger partial charge is 0.358 e. The molecule has 76 valence electrons. The minimum atomic E-state index is -4.91. The standard InChI is InChI=1S/C6H2F4N2O2/c7-4-2-1-3(6(8,9)10)5(11-4)12(13)14/h1-2H. The fourth-order valence-electron chi connectivity index (χ4n) is 0.786. The second kappa shape index (κ2) is 3.20. The summed E-state index contributed by atoms with van der Waals surface area (Å²) in [6, 6.07) is 0.691. The maximum Gasteiger partial charge on any atom is 0.424 e. The van der Waals surface area contributed by atoms with Crippen LogP contribution in [0.2, 0.25) is 0 Å². The van der Waals surface area contributed by atoms with Gasteiger partial charge >= 0.3 is 17.9 Å². The van der Waals surface area contributed by atoms with Crippen molar-refractivity contribution >= 4 is 5.82 Å². The van der Waals surface area contributed by atoms with Gasteiger partial charge in [0.25, 0.3) is 0 Å². The Hall–Kier alpha value is -1.73. The van der Waals surface area contributed by atoms with Gasteiger partial charge in [-0.15, -0.1) is 0 Å². The number of halogens is 4. The van der Waals surface area contributed by atoms with Crippen molar-refractivity contribution in [1.82, 2.24) is 4.98 Å². The molecule has 0 aromatic carbocycles. The summed E-state index contributed by atoms with van der Waals surface area (Å²) in [6.45, 7) is 0. The lowest BCUT2D eigenvalue weighted by Crippen LogP contribution is -2.10. The van der Waals surface area contributed by atoms with Gasteiger partial charge in [-0.1, -0.05) is 0 Å². The van der Waals surface area contributed by atoms with E-state index in [1.54, 1.807) is 0 Å². The van der Waals surface area contributed by atoms with Crippen molar-refractivity contribution in [2.75, 3.05) is 0 Å². The molecule has 14 heavy (non-hydrogen) atoms. The molecule has 0 amide bonds. The molecule has 0 aliphatic heterocycles. The van der Waals surface area contributed by atoms with Gasteiger partial charge in [0, 0.05) is 6.07 Å². The summed E-state index contributed by atoms with van der Waals surface area (Å²) in [4.78, 5) is 11.3. The second-order valence-electron chi connectivity index (χ2n) is 2.26. The van der Waals surface area contributed by atoms with Crippen molar-refractivity contribution in [2.24, 2.45) is 0 Å². The van der Waals surface area contributed by atoms with Gasteiger partial charge in [-0.25, -0.2) is 0 Å². The van der Waals surface area contributed by atoms with Gasteiger partial charge in [0.05, 0.1) is 0 Å². The van der Waals surface area contributed by atoms with E-state index in [1.165, 1.54) is 0 Å². The number of rotatable bonds is 1. The molecule has 0 atom stereocenters. The van der Waals surface area contributed by atoms with Gasteiger partial charge in [-0.05, 0) is 16.0 Å². The highest BCUT2D eigenvalue weighted by molar-refractivity contribution is 5.34. The molecule has 1 heterocycles. The van der Waals surface area contributed by atoms with Gasteiger partial charge < -0.3 is 10.1 Å². The zero-order valence-corrected chi connectivity index (χ0v) is 6.38. The van der Waals surface area contributed by atoms with Crippen LogP contribution in [-0.4, -0.2) is 9.91 Å². The highest BCUT2D eigenvalue weighted by Gasteiger charge is 2.39. The first-order valence-corrected chi connectivity index (χ1v) is 3.20. The van der Waals surface area contributed by atoms with Crippen molar-refractivity contribution in [3.8, 4) is 0 Å². The van der Waals surface area contributed by atoms with E-state index in [1.807, 2.05) is 0 Å². The summed E-state index contributed by atoms with van der Waals surface area (Å²) in [6.07, 6.45) is -4.91. The van der Waals surface area contributed by atoms with Crippen LogP contribution in [0.5, 0.6) is 0 Å². The molecule has 1 rings (SSSR count). The maximum atomic E-state index is 12.3. The van der Waals surface area contributed by atoms with Gasteiger partial charge in [0.15, 0.2) is 5.56 Å². The molecule has 0 fully saturated rings.